The lowest BCUT2D eigenvalue weighted by Crippen LogP contribution is -2.21. The molecule has 1 aromatic carbocycles. The van der Waals surface area contributed by atoms with Crippen molar-refractivity contribution >= 4 is 15.9 Å². The van der Waals surface area contributed by atoms with Crippen molar-refractivity contribution in [2.45, 2.75) is 40.3 Å². The fourth-order valence-electron chi connectivity index (χ4n) is 2.14. The van der Waals surface area contributed by atoms with Crippen LogP contribution < -0.4 is 5.32 Å². The van der Waals surface area contributed by atoms with Crippen LogP contribution in [-0.4, -0.2) is 6.04 Å². The van der Waals surface area contributed by atoms with Crippen LogP contribution in [0.1, 0.15) is 30.7 Å². The van der Waals surface area contributed by atoms with Crippen LogP contribution in [0.4, 0.5) is 0 Å². The fourth-order valence-corrected chi connectivity index (χ4v) is 3.01. The minimum atomic E-state index is 0.460. The van der Waals surface area contributed by atoms with E-state index in [1.165, 1.54) is 11.1 Å². The largest absolute Gasteiger partial charge is 0.460 e. The molecule has 0 bridgehead atoms. The minimum absolute atomic E-state index is 0.460. The predicted octanol–water partition coefficient (Wildman–Crippen LogP) is 4.82. The molecule has 0 saturated carbocycles. The van der Waals surface area contributed by atoms with Gasteiger partial charge in [-0.1, -0.05) is 35.8 Å². The van der Waals surface area contributed by atoms with Crippen LogP contribution in [0.2, 0.25) is 0 Å². The lowest BCUT2D eigenvalue weighted by molar-refractivity contribution is 0.473. The first-order valence-corrected chi connectivity index (χ1v) is 7.36. The van der Waals surface area contributed by atoms with E-state index in [0.29, 0.717) is 6.04 Å². The Bertz CT molecular complexity index is 549. The molecule has 0 aliphatic carbocycles. The van der Waals surface area contributed by atoms with Gasteiger partial charge in [-0.15, -0.1) is 0 Å². The Morgan fingerprint density at radius 2 is 1.95 bits per heavy atom. The van der Waals surface area contributed by atoms with Crippen molar-refractivity contribution < 1.29 is 4.42 Å². The maximum absolute atomic E-state index is 5.93. The molecule has 0 radical (unpaired) electrons. The zero-order valence-electron chi connectivity index (χ0n) is 11.9. The van der Waals surface area contributed by atoms with Crippen molar-refractivity contribution in [3.63, 3.8) is 0 Å². The molecular weight excluding hydrogens is 302 g/mol. The Labute approximate surface area is 123 Å². The van der Waals surface area contributed by atoms with E-state index >= 15 is 0 Å². The lowest BCUT2D eigenvalue weighted by Gasteiger charge is -2.08. The molecule has 0 aliphatic rings. The molecule has 0 saturated heterocycles. The number of hydrogen-bond donors (Lipinski definition) is 1. The molecule has 1 N–H and O–H groups in total. The molecule has 2 rings (SSSR count). The number of hydrogen-bond acceptors (Lipinski definition) is 2. The van der Waals surface area contributed by atoms with E-state index in [1.807, 2.05) is 12.1 Å². The Morgan fingerprint density at radius 1 is 1.21 bits per heavy atom. The van der Waals surface area contributed by atoms with Gasteiger partial charge in [0.25, 0.3) is 0 Å². The van der Waals surface area contributed by atoms with Gasteiger partial charge in [-0.25, -0.2) is 0 Å². The average Bonchev–Trinajstić information content (AvgIpc) is 2.73. The summed E-state index contributed by atoms with van der Waals surface area (Å²) in [6.07, 6.45) is 0. The highest BCUT2D eigenvalue weighted by atomic mass is 79.9. The lowest BCUT2D eigenvalue weighted by atomic mass is 10.0. The quantitative estimate of drug-likeness (QED) is 0.873. The molecule has 0 unspecified atom stereocenters. The van der Waals surface area contributed by atoms with Crippen LogP contribution in [0.25, 0.3) is 11.3 Å². The maximum Gasteiger partial charge on any atom is 0.135 e. The van der Waals surface area contributed by atoms with Gasteiger partial charge in [-0.2, -0.15) is 0 Å². The van der Waals surface area contributed by atoms with Crippen molar-refractivity contribution in [1.82, 2.24) is 5.32 Å². The van der Waals surface area contributed by atoms with E-state index < -0.39 is 0 Å². The molecule has 0 amide bonds. The van der Waals surface area contributed by atoms with Gasteiger partial charge in [0, 0.05) is 16.1 Å². The Hall–Kier alpha value is -1.06. The molecule has 102 valence electrons. The van der Waals surface area contributed by atoms with Gasteiger partial charge in [-0.3, -0.25) is 0 Å². The second-order valence-corrected chi connectivity index (χ2v) is 6.09. The second kappa shape index (κ2) is 5.93. The second-order valence-electron chi connectivity index (χ2n) is 5.24. The molecular formula is C16H20BrNO. The number of aryl methyl sites for hydroxylation is 2. The van der Waals surface area contributed by atoms with E-state index in [-0.39, 0.29) is 0 Å². The molecule has 0 atom stereocenters. The van der Waals surface area contributed by atoms with Gasteiger partial charge in [0.1, 0.15) is 11.5 Å². The third-order valence-corrected chi connectivity index (χ3v) is 3.65. The standard InChI is InChI=1S/C16H20BrNO/c1-10(2)18-9-13-5-6-15(19-13)16-12(4)7-11(3)8-14(16)17/h5-8,10,18H,9H2,1-4H3. The van der Waals surface area contributed by atoms with Gasteiger partial charge >= 0.3 is 0 Å². The Morgan fingerprint density at radius 3 is 2.58 bits per heavy atom. The number of halogens is 1. The Balaban J connectivity index is 2.28. The van der Waals surface area contributed by atoms with Crippen LogP contribution in [-0.2, 0) is 6.54 Å². The molecule has 1 aromatic heterocycles. The average molecular weight is 322 g/mol. The van der Waals surface area contributed by atoms with E-state index in [4.69, 9.17) is 4.42 Å². The highest BCUT2D eigenvalue weighted by Gasteiger charge is 2.12. The third kappa shape index (κ3) is 3.48. The van der Waals surface area contributed by atoms with Crippen molar-refractivity contribution in [1.29, 1.82) is 0 Å². The van der Waals surface area contributed by atoms with E-state index in [0.717, 1.165) is 28.1 Å². The summed E-state index contributed by atoms with van der Waals surface area (Å²) >= 11 is 3.63. The van der Waals surface area contributed by atoms with Crippen LogP contribution >= 0.6 is 15.9 Å². The number of nitrogens with one attached hydrogen (secondary N) is 1. The monoisotopic (exact) mass is 321 g/mol. The summed E-state index contributed by atoms with van der Waals surface area (Å²) < 4.78 is 7.01. The topological polar surface area (TPSA) is 25.2 Å². The zero-order valence-corrected chi connectivity index (χ0v) is 13.5. The van der Waals surface area contributed by atoms with Crippen LogP contribution in [0.15, 0.2) is 33.2 Å². The molecule has 19 heavy (non-hydrogen) atoms. The molecule has 2 nitrogen and oxygen atoms in total. The summed E-state index contributed by atoms with van der Waals surface area (Å²) in [4.78, 5) is 0. The van der Waals surface area contributed by atoms with Crippen LogP contribution in [0, 0.1) is 13.8 Å². The number of rotatable bonds is 4. The summed E-state index contributed by atoms with van der Waals surface area (Å²) in [5.41, 5.74) is 3.62. The summed E-state index contributed by atoms with van der Waals surface area (Å²) in [7, 11) is 0. The summed E-state index contributed by atoms with van der Waals surface area (Å²) in [5, 5.41) is 3.36. The molecule has 0 fully saturated rings. The normalized spacial score (nSPS) is 11.3. The maximum atomic E-state index is 5.93. The van der Waals surface area contributed by atoms with Crippen molar-refractivity contribution in [2.24, 2.45) is 0 Å². The van der Waals surface area contributed by atoms with E-state index in [9.17, 15) is 0 Å². The van der Waals surface area contributed by atoms with Crippen molar-refractivity contribution in [3.05, 3.63) is 45.6 Å². The van der Waals surface area contributed by atoms with Crippen LogP contribution in [0.3, 0.4) is 0 Å². The molecule has 3 heteroatoms. The first-order chi connectivity index (χ1) is 8.97. The zero-order chi connectivity index (χ0) is 14.0. The first kappa shape index (κ1) is 14.4. The first-order valence-electron chi connectivity index (χ1n) is 6.56. The number of benzene rings is 1. The predicted molar refractivity (Wildman–Crippen MR) is 83.3 cm³/mol. The van der Waals surface area contributed by atoms with Crippen molar-refractivity contribution in [3.8, 4) is 11.3 Å². The smallest absolute Gasteiger partial charge is 0.135 e. The van der Waals surface area contributed by atoms with Gasteiger partial charge < -0.3 is 9.73 Å². The number of furan rings is 1. The summed E-state index contributed by atoms with van der Waals surface area (Å²) in [5.74, 6) is 1.89. The summed E-state index contributed by atoms with van der Waals surface area (Å²) in [6.45, 7) is 9.23. The van der Waals surface area contributed by atoms with E-state index in [1.54, 1.807) is 0 Å². The van der Waals surface area contributed by atoms with Gasteiger partial charge in [0.15, 0.2) is 0 Å². The molecule has 2 aromatic rings. The minimum Gasteiger partial charge on any atom is -0.460 e. The SMILES string of the molecule is Cc1cc(C)c(-c2ccc(CNC(C)C)o2)c(Br)c1. The van der Waals surface area contributed by atoms with Gasteiger partial charge in [0.2, 0.25) is 0 Å². The molecule has 1 heterocycles. The fraction of sp³-hybridized carbons (Fsp3) is 0.375. The highest BCUT2D eigenvalue weighted by Crippen LogP contribution is 2.33. The molecule has 0 aliphatic heterocycles. The van der Waals surface area contributed by atoms with Gasteiger partial charge in [-0.05, 0) is 43.2 Å². The highest BCUT2D eigenvalue weighted by molar-refractivity contribution is 9.10. The third-order valence-electron chi connectivity index (χ3n) is 3.02. The summed E-state index contributed by atoms with van der Waals surface area (Å²) in [6, 6.07) is 8.84. The Kier molecular flexibility index (Phi) is 4.48. The van der Waals surface area contributed by atoms with Crippen molar-refractivity contribution in [2.75, 3.05) is 0 Å². The van der Waals surface area contributed by atoms with Crippen LogP contribution in [0.5, 0.6) is 0 Å². The molecule has 0 spiro atoms. The van der Waals surface area contributed by atoms with E-state index in [2.05, 4.69) is 61.1 Å². The van der Waals surface area contributed by atoms with Gasteiger partial charge in [0.05, 0.1) is 6.54 Å².